The van der Waals surface area contributed by atoms with Crippen molar-refractivity contribution in [3.05, 3.63) is 96.3 Å². The second-order valence-electron chi connectivity index (χ2n) is 7.23. The second kappa shape index (κ2) is 9.71. The molecule has 1 aromatic heterocycles. The van der Waals surface area contributed by atoms with Crippen molar-refractivity contribution in [1.29, 1.82) is 0 Å². The number of allylic oxidation sites excluding steroid dienone is 2. The number of rotatable bonds is 5. The number of anilines is 1. The predicted octanol–water partition coefficient (Wildman–Crippen LogP) is 3.63. The van der Waals surface area contributed by atoms with E-state index in [-0.39, 0.29) is 11.7 Å². The van der Waals surface area contributed by atoms with Crippen LogP contribution in [0.1, 0.15) is 11.1 Å². The van der Waals surface area contributed by atoms with Crippen LogP contribution in [0.5, 0.6) is 5.75 Å². The summed E-state index contributed by atoms with van der Waals surface area (Å²) in [6.07, 6.45) is 9.12. The van der Waals surface area contributed by atoms with Crippen molar-refractivity contribution in [1.82, 2.24) is 14.9 Å². The summed E-state index contributed by atoms with van der Waals surface area (Å²) < 4.78 is 0. The van der Waals surface area contributed by atoms with Crippen molar-refractivity contribution in [2.75, 3.05) is 31.1 Å². The van der Waals surface area contributed by atoms with Crippen molar-refractivity contribution in [3.8, 4) is 5.75 Å². The van der Waals surface area contributed by atoms with E-state index in [4.69, 9.17) is 0 Å². The van der Waals surface area contributed by atoms with E-state index in [0.717, 1.165) is 11.1 Å². The number of phenols is 1. The van der Waals surface area contributed by atoms with Gasteiger partial charge in [-0.05, 0) is 35.4 Å². The number of benzene rings is 2. The summed E-state index contributed by atoms with van der Waals surface area (Å²) in [5, 5.41) is 9.43. The largest absolute Gasteiger partial charge is 0.508 e. The van der Waals surface area contributed by atoms with Crippen molar-refractivity contribution in [3.63, 3.8) is 0 Å². The lowest BCUT2D eigenvalue weighted by Gasteiger charge is -2.35. The Kier molecular flexibility index (Phi) is 6.38. The fourth-order valence-corrected chi connectivity index (χ4v) is 3.48. The van der Waals surface area contributed by atoms with Crippen LogP contribution in [0, 0.1) is 0 Å². The maximum atomic E-state index is 13.4. The SMILES string of the molecule is O=C(/C(=C/C=C/c1ccc(O)cc1)c1ccccc1)N1CCN(c2ncccn2)CC1. The van der Waals surface area contributed by atoms with Crippen molar-refractivity contribution < 1.29 is 9.90 Å². The molecule has 2 heterocycles. The van der Waals surface area contributed by atoms with Gasteiger partial charge in [-0.15, -0.1) is 0 Å². The molecule has 0 aliphatic carbocycles. The van der Waals surface area contributed by atoms with Crippen LogP contribution in [0.2, 0.25) is 0 Å². The standard InChI is InChI=1S/C25H24N4O2/c30-22-12-10-20(11-13-22)6-4-9-23(21-7-2-1-3-8-21)24(31)28-16-18-29(19-17-28)25-26-14-5-15-27-25/h1-15,30H,16-19H2/b6-4+,23-9+. The average molecular weight is 412 g/mol. The first-order chi connectivity index (χ1) is 15.2. The minimum Gasteiger partial charge on any atom is -0.508 e. The number of amides is 1. The Morgan fingerprint density at radius 2 is 1.55 bits per heavy atom. The van der Waals surface area contributed by atoms with E-state index < -0.39 is 0 Å². The van der Waals surface area contributed by atoms with Crippen LogP contribution in [0.25, 0.3) is 11.6 Å². The number of hydrogen-bond donors (Lipinski definition) is 1. The van der Waals surface area contributed by atoms with Gasteiger partial charge in [-0.1, -0.05) is 54.6 Å². The number of nitrogens with zero attached hydrogens (tertiary/aromatic N) is 4. The summed E-state index contributed by atoms with van der Waals surface area (Å²) >= 11 is 0. The third-order valence-electron chi connectivity index (χ3n) is 5.16. The summed E-state index contributed by atoms with van der Waals surface area (Å²) in [6.45, 7) is 2.62. The maximum Gasteiger partial charge on any atom is 0.254 e. The van der Waals surface area contributed by atoms with Gasteiger partial charge >= 0.3 is 0 Å². The maximum absolute atomic E-state index is 13.4. The van der Waals surface area contributed by atoms with Gasteiger partial charge in [0.1, 0.15) is 5.75 Å². The highest BCUT2D eigenvalue weighted by Crippen LogP contribution is 2.20. The molecule has 0 bridgehead atoms. The third-order valence-corrected chi connectivity index (χ3v) is 5.16. The zero-order chi connectivity index (χ0) is 21.5. The molecule has 1 N–H and O–H groups in total. The number of hydrogen-bond acceptors (Lipinski definition) is 5. The van der Waals surface area contributed by atoms with Gasteiger partial charge in [-0.3, -0.25) is 4.79 Å². The fourth-order valence-electron chi connectivity index (χ4n) is 3.48. The molecule has 1 saturated heterocycles. The van der Waals surface area contributed by atoms with Crippen LogP contribution in [-0.2, 0) is 4.79 Å². The number of phenolic OH excluding ortho intramolecular Hbond substituents is 1. The predicted molar refractivity (Wildman–Crippen MR) is 122 cm³/mol. The highest BCUT2D eigenvalue weighted by Gasteiger charge is 2.25. The number of aromatic nitrogens is 2. The summed E-state index contributed by atoms with van der Waals surface area (Å²) in [4.78, 5) is 26.0. The summed E-state index contributed by atoms with van der Waals surface area (Å²) in [5.41, 5.74) is 2.49. The first-order valence-corrected chi connectivity index (χ1v) is 10.2. The molecule has 0 spiro atoms. The molecule has 0 atom stereocenters. The summed E-state index contributed by atoms with van der Waals surface area (Å²) in [7, 11) is 0. The Morgan fingerprint density at radius 1 is 0.871 bits per heavy atom. The molecule has 4 rings (SSSR count). The molecule has 6 nitrogen and oxygen atoms in total. The van der Waals surface area contributed by atoms with Crippen LogP contribution in [0.3, 0.4) is 0 Å². The topological polar surface area (TPSA) is 69.6 Å². The zero-order valence-electron chi connectivity index (χ0n) is 17.1. The number of carbonyl (C=O) groups excluding carboxylic acids is 1. The Morgan fingerprint density at radius 3 is 2.23 bits per heavy atom. The molecule has 2 aromatic carbocycles. The lowest BCUT2D eigenvalue weighted by molar-refractivity contribution is -0.125. The van der Waals surface area contributed by atoms with Gasteiger partial charge in [0.2, 0.25) is 5.95 Å². The Bertz CT molecular complexity index is 1060. The number of aromatic hydroxyl groups is 1. The average Bonchev–Trinajstić information content (AvgIpc) is 2.84. The third kappa shape index (κ3) is 5.17. The quantitative estimate of drug-likeness (QED) is 0.512. The van der Waals surface area contributed by atoms with E-state index >= 15 is 0 Å². The van der Waals surface area contributed by atoms with Crippen LogP contribution in [0.4, 0.5) is 5.95 Å². The normalized spacial score (nSPS) is 14.8. The van der Waals surface area contributed by atoms with E-state index in [1.807, 2.05) is 65.6 Å². The molecule has 0 saturated carbocycles. The Balaban J connectivity index is 1.50. The molecule has 6 heteroatoms. The molecule has 1 aliphatic rings. The summed E-state index contributed by atoms with van der Waals surface area (Å²) in [6, 6.07) is 18.4. The highest BCUT2D eigenvalue weighted by molar-refractivity contribution is 6.19. The van der Waals surface area contributed by atoms with Crippen molar-refractivity contribution in [2.24, 2.45) is 0 Å². The van der Waals surface area contributed by atoms with E-state index in [9.17, 15) is 9.90 Å². The van der Waals surface area contributed by atoms with E-state index in [1.165, 1.54) is 0 Å². The molecule has 1 amide bonds. The lowest BCUT2D eigenvalue weighted by Crippen LogP contribution is -2.49. The number of carbonyl (C=O) groups is 1. The van der Waals surface area contributed by atoms with E-state index in [0.29, 0.717) is 37.7 Å². The monoisotopic (exact) mass is 412 g/mol. The van der Waals surface area contributed by atoms with Crippen LogP contribution < -0.4 is 4.90 Å². The van der Waals surface area contributed by atoms with Crippen LogP contribution in [0.15, 0.2) is 85.2 Å². The molecule has 31 heavy (non-hydrogen) atoms. The van der Waals surface area contributed by atoms with Crippen LogP contribution >= 0.6 is 0 Å². The fraction of sp³-hybridized carbons (Fsp3) is 0.160. The van der Waals surface area contributed by atoms with E-state index in [2.05, 4.69) is 14.9 Å². The van der Waals surface area contributed by atoms with Gasteiger partial charge in [-0.25, -0.2) is 9.97 Å². The van der Waals surface area contributed by atoms with Crippen molar-refractivity contribution in [2.45, 2.75) is 0 Å². The molecule has 0 unspecified atom stereocenters. The van der Waals surface area contributed by atoms with Gasteiger partial charge in [-0.2, -0.15) is 0 Å². The minimum atomic E-state index is 0.00943. The smallest absolute Gasteiger partial charge is 0.254 e. The number of piperazine rings is 1. The second-order valence-corrected chi connectivity index (χ2v) is 7.23. The molecular formula is C25H24N4O2. The van der Waals surface area contributed by atoms with Crippen LogP contribution in [-0.4, -0.2) is 52.1 Å². The minimum absolute atomic E-state index is 0.00943. The van der Waals surface area contributed by atoms with Gasteiger partial charge in [0, 0.05) is 44.1 Å². The van der Waals surface area contributed by atoms with Gasteiger partial charge in [0.15, 0.2) is 0 Å². The Labute approximate surface area is 181 Å². The van der Waals surface area contributed by atoms with Gasteiger partial charge in [0.05, 0.1) is 0 Å². The molecule has 0 radical (unpaired) electrons. The van der Waals surface area contributed by atoms with E-state index in [1.54, 1.807) is 30.6 Å². The summed E-state index contributed by atoms with van der Waals surface area (Å²) in [5.74, 6) is 0.938. The lowest BCUT2D eigenvalue weighted by atomic mass is 10.0. The van der Waals surface area contributed by atoms with Crippen molar-refractivity contribution >= 4 is 23.5 Å². The first-order valence-electron chi connectivity index (χ1n) is 10.2. The molecule has 156 valence electrons. The molecule has 1 fully saturated rings. The molecular weight excluding hydrogens is 388 g/mol. The molecule has 3 aromatic rings. The van der Waals surface area contributed by atoms with Gasteiger partial charge < -0.3 is 14.9 Å². The zero-order valence-corrected chi connectivity index (χ0v) is 17.1. The highest BCUT2D eigenvalue weighted by atomic mass is 16.3. The first kappa shape index (κ1) is 20.3. The van der Waals surface area contributed by atoms with Gasteiger partial charge in [0.25, 0.3) is 5.91 Å². The Hall–Kier alpha value is -3.93. The molecule has 1 aliphatic heterocycles.